The van der Waals surface area contributed by atoms with E-state index in [1.807, 2.05) is 12.1 Å². The third kappa shape index (κ3) is 3.22. The molecule has 0 radical (unpaired) electrons. The summed E-state index contributed by atoms with van der Waals surface area (Å²) in [5.41, 5.74) is 0.929. The Kier molecular flexibility index (Phi) is 3.17. The summed E-state index contributed by atoms with van der Waals surface area (Å²) in [6.45, 7) is 4.54. The summed E-state index contributed by atoms with van der Waals surface area (Å²) in [4.78, 5) is 0. The van der Waals surface area contributed by atoms with E-state index in [4.69, 9.17) is 0 Å². The van der Waals surface area contributed by atoms with Gasteiger partial charge in [0.2, 0.25) is 0 Å². The van der Waals surface area contributed by atoms with Crippen LogP contribution in [0.25, 0.3) is 0 Å². The summed E-state index contributed by atoms with van der Waals surface area (Å²) in [5.74, 6) is 0.283. The molecule has 1 fully saturated rings. The first-order chi connectivity index (χ1) is 7.89. The summed E-state index contributed by atoms with van der Waals surface area (Å²) in [6.07, 6.45) is 4.62. The van der Waals surface area contributed by atoms with Crippen molar-refractivity contribution in [2.75, 3.05) is 0 Å². The zero-order valence-corrected chi connectivity index (χ0v) is 10.7. The topological polar surface area (TPSA) is 40.5 Å². The molecule has 0 heterocycles. The van der Waals surface area contributed by atoms with Gasteiger partial charge in [-0.1, -0.05) is 26.0 Å². The van der Waals surface area contributed by atoms with Crippen molar-refractivity contribution >= 4 is 0 Å². The Labute approximate surface area is 103 Å². The number of aromatic hydroxyl groups is 1. The van der Waals surface area contributed by atoms with E-state index in [-0.39, 0.29) is 5.75 Å². The largest absolute Gasteiger partial charge is 0.508 e. The molecule has 1 aromatic rings. The van der Waals surface area contributed by atoms with Gasteiger partial charge in [-0.3, -0.25) is 0 Å². The molecule has 94 valence electrons. The van der Waals surface area contributed by atoms with Crippen molar-refractivity contribution < 1.29 is 10.2 Å². The molecule has 2 nitrogen and oxygen atoms in total. The number of hydrogen-bond donors (Lipinski definition) is 2. The van der Waals surface area contributed by atoms with Crippen LogP contribution in [-0.2, 0) is 6.42 Å². The van der Waals surface area contributed by atoms with Gasteiger partial charge in [0.05, 0.1) is 5.60 Å². The number of aliphatic hydroxyl groups is 1. The van der Waals surface area contributed by atoms with E-state index >= 15 is 0 Å². The first-order valence-corrected chi connectivity index (χ1v) is 6.39. The zero-order chi connectivity index (χ0) is 12.5. The van der Waals surface area contributed by atoms with Gasteiger partial charge < -0.3 is 10.2 Å². The molecule has 0 aliphatic heterocycles. The van der Waals surface area contributed by atoms with Crippen LogP contribution < -0.4 is 0 Å². The fourth-order valence-corrected chi connectivity index (χ4v) is 2.56. The van der Waals surface area contributed by atoms with Gasteiger partial charge in [-0.25, -0.2) is 0 Å². The van der Waals surface area contributed by atoms with Gasteiger partial charge in [-0.2, -0.15) is 0 Å². The highest BCUT2D eigenvalue weighted by Gasteiger charge is 2.36. The molecule has 1 aliphatic rings. The smallest absolute Gasteiger partial charge is 0.115 e. The van der Waals surface area contributed by atoms with Gasteiger partial charge in [-0.05, 0) is 48.8 Å². The monoisotopic (exact) mass is 234 g/mol. The number of hydrogen-bond acceptors (Lipinski definition) is 2. The van der Waals surface area contributed by atoms with E-state index in [0.717, 1.165) is 31.2 Å². The highest BCUT2D eigenvalue weighted by molar-refractivity contribution is 5.27. The molecule has 1 saturated carbocycles. The van der Waals surface area contributed by atoms with E-state index in [1.54, 1.807) is 12.1 Å². The minimum atomic E-state index is -0.549. The fourth-order valence-electron chi connectivity index (χ4n) is 2.56. The number of phenolic OH excluding ortho intramolecular Hbond substituents is 1. The maximum Gasteiger partial charge on any atom is 0.115 e. The van der Waals surface area contributed by atoms with E-state index < -0.39 is 5.60 Å². The molecule has 17 heavy (non-hydrogen) atoms. The summed E-state index contributed by atoms with van der Waals surface area (Å²) >= 11 is 0. The molecule has 0 atom stereocenters. The van der Waals surface area contributed by atoms with Gasteiger partial charge >= 0.3 is 0 Å². The molecule has 0 unspecified atom stereocenters. The van der Waals surface area contributed by atoms with E-state index in [0.29, 0.717) is 11.8 Å². The van der Waals surface area contributed by atoms with E-state index in [1.165, 1.54) is 0 Å². The lowest BCUT2D eigenvalue weighted by atomic mass is 9.69. The van der Waals surface area contributed by atoms with Crippen molar-refractivity contribution in [3.8, 4) is 5.75 Å². The normalized spacial score (nSPS) is 22.3. The second kappa shape index (κ2) is 4.34. The zero-order valence-electron chi connectivity index (χ0n) is 10.7. The van der Waals surface area contributed by atoms with Crippen molar-refractivity contribution in [1.29, 1.82) is 0 Å². The van der Waals surface area contributed by atoms with Gasteiger partial charge in [0.1, 0.15) is 5.75 Å². The Morgan fingerprint density at radius 3 is 2.06 bits per heavy atom. The molecular formula is C15H22O2. The van der Waals surface area contributed by atoms with Crippen LogP contribution >= 0.6 is 0 Å². The van der Waals surface area contributed by atoms with Crippen LogP contribution in [0.15, 0.2) is 24.3 Å². The Hall–Kier alpha value is -1.02. The van der Waals surface area contributed by atoms with Crippen LogP contribution in [0.5, 0.6) is 5.75 Å². The van der Waals surface area contributed by atoms with Crippen LogP contribution in [0, 0.1) is 5.41 Å². The lowest BCUT2D eigenvalue weighted by molar-refractivity contribution is -0.0251. The fraction of sp³-hybridized carbons (Fsp3) is 0.600. The number of rotatable bonds is 2. The van der Waals surface area contributed by atoms with Crippen LogP contribution in [0.2, 0.25) is 0 Å². The highest BCUT2D eigenvalue weighted by Crippen LogP contribution is 2.41. The summed E-state index contributed by atoms with van der Waals surface area (Å²) in [6, 6.07) is 7.16. The molecule has 0 saturated heterocycles. The highest BCUT2D eigenvalue weighted by atomic mass is 16.3. The predicted octanol–water partition coefficient (Wildman–Crippen LogP) is 3.27. The average molecular weight is 234 g/mol. The Morgan fingerprint density at radius 2 is 1.53 bits per heavy atom. The second-order valence-corrected chi connectivity index (χ2v) is 6.23. The molecule has 0 amide bonds. The van der Waals surface area contributed by atoms with Crippen molar-refractivity contribution in [3.63, 3.8) is 0 Å². The third-order valence-corrected chi connectivity index (χ3v) is 4.00. The summed E-state index contributed by atoms with van der Waals surface area (Å²) in [5, 5.41) is 19.8. The Bertz CT molecular complexity index is 368. The van der Waals surface area contributed by atoms with Crippen LogP contribution in [-0.4, -0.2) is 15.8 Å². The predicted molar refractivity (Wildman–Crippen MR) is 69.0 cm³/mol. The molecular weight excluding hydrogens is 212 g/mol. The number of benzene rings is 1. The first kappa shape index (κ1) is 12.4. The molecule has 0 aromatic heterocycles. The summed E-state index contributed by atoms with van der Waals surface area (Å²) in [7, 11) is 0. The van der Waals surface area contributed by atoms with Crippen molar-refractivity contribution in [2.24, 2.45) is 5.41 Å². The molecule has 2 heteroatoms. The van der Waals surface area contributed by atoms with Crippen molar-refractivity contribution in [2.45, 2.75) is 51.6 Å². The molecule has 0 bridgehead atoms. The quantitative estimate of drug-likeness (QED) is 0.824. The number of phenols is 1. The van der Waals surface area contributed by atoms with Gasteiger partial charge in [0.25, 0.3) is 0 Å². The maximum absolute atomic E-state index is 10.6. The average Bonchev–Trinajstić information content (AvgIpc) is 2.27. The lowest BCUT2D eigenvalue weighted by Gasteiger charge is -2.40. The van der Waals surface area contributed by atoms with Gasteiger partial charge in [0.15, 0.2) is 0 Å². The van der Waals surface area contributed by atoms with E-state index in [2.05, 4.69) is 13.8 Å². The van der Waals surface area contributed by atoms with Crippen LogP contribution in [0.1, 0.15) is 45.1 Å². The minimum absolute atomic E-state index is 0.283. The maximum atomic E-state index is 10.6. The molecule has 2 N–H and O–H groups in total. The van der Waals surface area contributed by atoms with Gasteiger partial charge in [0, 0.05) is 6.42 Å². The van der Waals surface area contributed by atoms with Crippen molar-refractivity contribution in [1.82, 2.24) is 0 Å². The Morgan fingerprint density at radius 1 is 1.00 bits per heavy atom. The molecule has 0 spiro atoms. The standard InChI is InChI=1S/C15H22O2/c1-14(2)7-9-15(17,10-8-14)11-12-3-5-13(16)6-4-12/h3-6,16-17H,7-11H2,1-2H3. The van der Waals surface area contributed by atoms with Crippen LogP contribution in [0.4, 0.5) is 0 Å². The van der Waals surface area contributed by atoms with Crippen molar-refractivity contribution in [3.05, 3.63) is 29.8 Å². The molecule has 1 aliphatic carbocycles. The minimum Gasteiger partial charge on any atom is -0.508 e. The molecule has 2 rings (SSSR count). The second-order valence-electron chi connectivity index (χ2n) is 6.23. The Balaban J connectivity index is 2.01. The van der Waals surface area contributed by atoms with E-state index in [9.17, 15) is 10.2 Å². The lowest BCUT2D eigenvalue weighted by Crippen LogP contribution is -2.38. The molecule has 1 aromatic carbocycles. The third-order valence-electron chi connectivity index (χ3n) is 4.00. The van der Waals surface area contributed by atoms with Crippen LogP contribution in [0.3, 0.4) is 0 Å². The summed E-state index contributed by atoms with van der Waals surface area (Å²) < 4.78 is 0. The SMILES string of the molecule is CC1(C)CCC(O)(Cc2ccc(O)cc2)CC1. The van der Waals surface area contributed by atoms with Gasteiger partial charge in [-0.15, -0.1) is 0 Å². The first-order valence-electron chi connectivity index (χ1n) is 6.39.